The first kappa shape index (κ1) is 18.5. The van der Waals surface area contributed by atoms with E-state index >= 15 is 0 Å². The van der Waals surface area contributed by atoms with Crippen molar-refractivity contribution in [3.63, 3.8) is 0 Å². The van der Waals surface area contributed by atoms with Gasteiger partial charge in [-0.05, 0) is 52.1 Å². The number of hydrogen-bond donors (Lipinski definition) is 1. The van der Waals surface area contributed by atoms with Crippen molar-refractivity contribution in [3.8, 4) is 0 Å². The lowest BCUT2D eigenvalue weighted by atomic mass is 9.83. The van der Waals surface area contributed by atoms with Crippen LogP contribution in [0.15, 0.2) is 0 Å². The van der Waals surface area contributed by atoms with Crippen molar-refractivity contribution in [1.29, 1.82) is 0 Å². The maximum absolute atomic E-state index is 12.1. The normalized spacial score (nSPS) is 18.5. The van der Waals surface area contributed by atoms with Crippen LogP contribution < -0.4 is 5.32 Å². The van der Waals surface area contributed by atoms with Gasteiger partial charge in [-0.1, -0.05) is 39.5 Å². The van der Waals surface area contributed by atoms with Crippen LogP contribution in [0.1, 0.15) is 79.1 Å². The topological polar surface area (TPSA) is 38.3 Å². The van der Waals surface area contributed by atoms with Crippen molar-refractivity contribution in [1.82, 2.24) is 5.32 Å². The van der Waals surface area contributed by atoms with Gasteiger partial charge in [0.2, 0.25) is 0 Å². The third kappa shape index (κ3) is 7.30. The number of esters is 1. The third-order valence-corrected chi connectivity index (χ3v) is 4.84. The van der Waals surface area contributed by atoms with E-state index in [0.717, 1.165) is 32.4 Å². The molecule has 21 heavy (non-hydrogen) atoms. The number of hydrogen-bond acceptors (Lipinski definition) is 3. The summed E-state index contributed by atoms with van der Waals surface area (Å²) in [5, 5.41) is 3.36. The van der Waals surface area contributed by atoms with Crippen molar-refractivity contribution in [3.05, 3.63) is 0 Å². The Balaban J connectivity index is 2.25. The van der Waals surface area contributed by atoms with Gasteiger partial charge in [-0.15, -0.1) is 0 Å². The van der Waals surface area contributed by atoms with E-state index in [0.29, 0.717) is 18.3 Å². The number of carbonyl (C=O) groups is 1. The van der Waals surface area contributed by atoms with Crippen LogP contribution in [-0.4, -0.2) is 24.7 Å². The zero-order valence-electron chi connectivity index (χ0n) is 14.5. The molecule has 1 atom stereocenters. The van der Waals surface area contributed by atoms with Gasteiger partial charge < -0.3 is 10.1 Å². The summed E-state index contributed by atoms with van der Waals surface area (Å²) in [6.07, 6.45) is 8.83. The molecule has 0 bridgehead atoms. The predicted molar refractivity (Wildman–Crippen MR) is 88.3 cm³/mol. The van der Waals surface area contributed by atoms with Crippen LogP contribution in [0.2, 0.25) is 0 Å². The molecule has 1 saturated heterocycles. The Kier molecular flexibility index (Phi) is 8.31. The summed E-state index contributed by atoms with van der Waals surface area (Å²) in [7, 11) is 0. The molecule has 0 aromatic rings. The van der Waals surface area contributed by atoms with E-state index in [-0.39, 0.29) is 11.6 Å². The quantitative estimate of drug-likeness (QED) is 0.509. The molecule has 1 rings (SSSR count). The zero-order chi connectivity index (χ0) is 15.7. The van der Waals surface area contributed by atoms with Crippen molar-refractivity contribution >= 4 is 5.97 Å². The second kappa shape index (κ2) is 9.45. The van der Waals surface area contributed by atoms with Gasteiger partial charge in [-0.3, -0.25) is 4.79 Å². The van der Waals surface area contributed by atoms with Crippen LogP contribution in [0.25, 0.3) is 0 Å². The predicted octanol–water partition coefficient (Wildman–Crippen LogP) is 4.30. The molecule has 0 aliphatic carbocycles. The smallest absolute Gasteiger partial charge is 0.306 e. The molecular weight excluding hydrogens is 262 g/mol. The minimum atomic E-state index is -0.315. The van der Waals surface area contributed by atoms with Crippen molar-refractivity contribution in [2.24, 2.45) is 11.8 Å². The van der Waals surface area contributed by atoms with Crippen LogP contribution >= 0.6 is 0 Å². The number of carbonyl (C=O) groups excluding carboxylic acids is 1. The fraction of sp³-hybridized carbons (Fsp3) is 0.944. The average Bonchev–Trinajstić information content (AvgIpc) is 2.46. The molecule has 3 heteroatoms. The number of nitrogens with one attached hydrogen (secondary N) is 1. The molecule has 1 fully saturated rings. The minimum absolute atomic E-state index is 0.0131. The van der Waals surface area contributed by atoms with Crippen LogP contribution in [0.3, 0.4) is 0 Å². The molecule has 3 nitrogen and oxygen atoms in total. The van der Waals surface area contributed by atoms with Crippen LogP contribution in [0, 0.1) is 11.8 Å². The molecule has 124 valence electrons. The zero-order valence-corrected chi connectivity index (χ0v) is 14.5. The number of rotatable bonds is 9. The van der Waals surface area contributed by atoms with Gasteiger partial charge in [0.15, 0.2) is 0 Å². The van der Waals surface area contributed by atoms with Gasteiger partial charge in [0.25, 0.3) is 0 Å². The molecule has 1 aliphatic heterocycles. The summed E-state index contributed by atoms with van der Waals surface area (Å²) >= 11 is 0. The van der Waals surface area contributed by atoms with Gasteiger partial charge in [0.05, 0.1) is 0 Å². The number of unbranched alkanes of at least 4 members (excludes halogenated alkanes) is 2. The third-order valence-electron chi connectivity index (χ3n) is 4.84. The fourth-order valence-electron chi connectivity index (χ4n) is 3.20. The second-order valence-corrected chi connectivity index (χ2v) is 7.24. The first-order valence-electron chi connectivity index (χ1n) is 8.88. The lowest BCUT2D eigenvalue weighted by Crippen LogP contribution is -2.42. The van der Waals surface area contributed by atoms with Crippen LogP contribution in [0.5, 0.6) is 0 Å². The Hall–Kier alpha value is -0.570. The number of piperidine rings is 1. The summed E-state index contributed by atoms with van der Waals surface area (Å²) in [5.74, 6) is 1.11. The fourth-order valence-corrected chi connectivity index (χ4v) is 3.20. The highest BCUT2D eigenvalue weighted by Gasteiger charge is 2.33. The van der Waals surface area contributed by atoms with Crippen molar-refractivity contribution in [2.75, 3.05) is 13.1 Å². The van der Waals surface area contributed by atoms with E-state index < -0.39 is 0 Å². The van der Waals surface area contributed by atoms with Gasteiger partial charge in [-0.2, -0.15) is 0 Å². The first-order valence-corrected chi connectivity index (χ1v) is 8.88. The molecule has 0 aromatic heterocycles. The lowest BCUT2D eigenvalue weighted by molar-refractivity contribution is -0.163. The average molecular weight is 297 g/mol. The Morgan fingerprint density at radius 3 is 2.52 bits per heavy atom. The summed E-state index contributed by atoms with van der Waals surface area (Å²) in [6, 6.07) is 0. The Labute approximate surface area is 131 Å². The maximum Gasteiger partial charge on any atom is 0.306 e. The molecule has 1 aliphatic rings. The molecule has 1 heterocycles. The van der Waals surface area contributed by atoms with Gasteiger partial charge >= 0.3 is 5.97 Å². The van der Waals surface area contributed by atoms with Crippen LogP contribution in [-0.2, 0) is 9.53 Å². The molecule has 0 saturated carbocycles. The van der Waals surface area contributed by atoms with Gasteiger partial charge in [-0.25, -0.2) is 0 Å². The highest BCUT2D eigenvalue weighted by atomic mass is 16.6. The number of ether oxygens (including phenoxy) is 1. The molecule has 0 amide bonds. The van der Waals surface area contributed by atoms with E-state index in [1.807, 2.05) is 0 Å². The van der Waals surface area contributed by atoms with E-state index in [1.54, 1.807) is 0 Å². The summed E-state index contributed by atoms with van der Waals surface area (Å²) in [5.41, 5.74) is -0.315. The molecule has 0 aromatic carbocycles. The van der Waals surface area contributed by atoms with Crippen molar-refractivity contribution < 1.29 is 9.53 Å². The van der Waals surface area contributed by atoms with E-state index in [1.165, 1.54) is 25.7 Å². The lowest BCUT2D eigenvalue weighted by Gasteiger charge is -2.36. The van der Waals surface area contributed by atoms with E-state index in [4.69, 9.17) is 4.74 Å². The largest absolute Gasteiger partial charge is 0.459 e. The Morgan fingerprint density at radius 1 is 1.24 bits per heavy atom. The highest BCUT2D eigenvalue weighted by molar-refractivity contribution is 5.69. The first-order chi connectivity index (χ1) is 9.95. The summed E-state index contributed by atoms with van der Waals surface area (Å²) in [6.45, 7) is 10.7. The minimum Gasteiger partial charge on any atom is -0.459 e. The highest BCUT2D eigenvalue weighted by Crippen LogP contribution is 2.29. The molecule has 1 unspecified atom stereocenters. The van der Waals surface area contributed by atoms with Crippen molar-refractivity contribution in [2.45, 2.75) is 84.7 Å². The van der Waals surface area contributed by atoms with E-state index in [9.17, 15) is 4.79 Å². The second-order valence-electron chi connectivity index (χ2n) is 7.24. The monoisotopic (exact) mass is 297 g/mol. The Morgan fingerprint density at radius 2 is 1.90 bits per heavy atom. The maximum atomic E-state index is 12.1. The molecular formula is C18H35NO2. The molecule has 0 spiro atoms. The van der Waals surface area contributed by atoms with Crippen LogP contribution in [0.4, 0.5) is 0 Å². The van der Waals surface area contributed by atoms with Gasteiger partial charge in [0, 0.05) is 12.3 Å². The Bertz CT molecular complexity index is 296. The summed E-state index contributed by atoms with van der Waals surface area (Å²) < 4.78 is 5.79. The SMILES string of the molecule is CCCCCC(C)CCC(=O)OC(C)(C)C1CCNCC1. The van der Waals surface area contributed by atoms with Gasteiger partial charge in [0.1, 0.15) is 5.60 Å². The summed E-state index contributed by atoms with van der Waals surface area (Å²) in [4.78, 5) is 12.1. The molecule has 1 N–H and O–H groups in total. The standard InChI is InChI=1S/C18H35NO2/c1-5-6-7-8-15(2)9-10-17(20)21-18(3,4)16-11-13-19-14-12-16/h15-16,19H,5-14H2,1-4H3. The molecule has 0 radical (unpaired) electrons. The van der Waals surface area contributed by atoms with E-state index in [2.05, 4.69) is 33.0 Å².